The van der Waals surface area contributed by atoms with Gasteiger partial charge in [-0.05, 0) is 18.8 Å². The van der Waals surface area contributed by atoms with Crippen molar-refractivity contribution in [3.05, 3.63) is 18.2 Å². The van der Waals surface area contributed by atoms with Gasteiger partial charge in [0, 0.05) is 24.7 Å². The Morgan fingerprint density at radius 1 is 0.917 bits per heavy atom. The van der Waals surface area contributed by atoms with Crippen LogP contribution in [0.2, 0.25) is 0 Å². The van der Waals surface area contributed by atoms with Crippen LogP contribution in [0, 0.1) is 5.92 Å². The highest BCUT2D eigenvalue weighted by Crippen LogP contribution is 2.08. The maximum atomic E-state index is 13.1. The van der Waals surface area contributed by atoms with Crippen molar-refractivity contribution >= 4 is 35.6 Å². The normalized spacial score (nSPS) is 14.2. The highest BCUT2D eigenvalue weighted by atomic mass is 16.4. The van der Waals surface area contributed by atoms with Gasteiger partial charge in [-0.1, -0.05) is 13.8 Å². The van der Waals surface area contributed by atoms with Crippen molar-refractivity contribution in [3.63, 3.8) is 0 Å². The lowest BCUT2D eigenvalue weighted by molar-refractivity contribution is -0.147. The zero-order valence-electron chi connectivity index (χ0n) is 19.9. The summed E-state index contributed by atoms with van der Waals surface area (Å²) in [7, 11) is 0. The van der Waals surface area contributed by atoms with Crippen LogP contribution in [0.3, 0.4) is 0 Å². The van der Waals surface area contributed by atoms with Crippen LogP contribution in [0.25, 0.3) is 0 Å². The summed E-state index contributed by atoms with van der Waals surface area (Å²) in [5, 5.41) is 33.9. The number of carboxylic acids is 3. The van der Waals surface area contributed by atoms with E-state index in [1.54, 1.807) is 13.8 Å². The number of aliphatic carboxylic acids is 3. The van der Waals surface area contributed by atoms with Gasteiger partial charge in [0.2, 0.25) is 17.7 Å². The van der Waals surface area contributed by atoms with Gasteiger partial charge >= 0.3 is 17.9 Å². The number of H-pyrrole nitrogens is 1. The fourth-order valence-corrected chi connectivity index (χ4v) is 3.14. The molecule has 4 unspecified atom stereocenters. The van der Waals surface area contributed by atoms with E-state index in [1.807, 2.05) is 0 Å². The molecule has 0 bridgehead atoms. The number of carbonyl (C=O) groups excluding carboxylic acids is 3. The summed E-state index contributed by atoms with van der Waals surface area (Å²) in [6.45, 7) is 3.51. The third-order valence-electron chi connectivity index (χ3n) is 4.95. The number of nitrogens with one attached hydrogen (secondary N) is 4. The molecule has 1 aromatic heterocycles. The van der Waals surface area contributed by atoms with E-state index in [2.05, 4.69) is 25.9 Å². The maximum absolute atomic E-state index is 13.1. The lowest BCUT2D eigenvalue weighted by Crippen LogP contribution is -2.58. The molecule has 0 saturated heterocycles. The van der Waals surface area contributed by atoms with Crippen molar-refractivity contribution < 1.29 is 44.1 Å². The van der Waals surface area contributed by atoms with E-state index in [-0.39, 0.29) is 31.6 Å². The first kappa shape index (κ1) is 30.0. The number of amides is 3. The molecule has 0 aliphatic heterocycles. The summed E-state index contributed by atoms with van der Waals surface area (Å²) in [6, 6.07) is -5.41. The van der Waals surface area contributed by atoms with Crippen LogP contribution < -0.4 is 21.7 Å². The van der Waals surface area contributed by atoms with Crippen molar-refractivity contribution in [2.24, 2.45) is 11.7 Å². The molecule has 9 N–H and O–H groups in total. The van der Waals surface area contributed by atoms with Gasteiger partial charge in [0.25, 0.3) is 0 Å². The molecule has 0 radical (unpaired) electrons. The Morgan fingerprint density at radius 2 is 1.50 bits per heavy atom. The first-order valence-corrected chi connectivity index (χ1v) is 11.1. The average Bonchev–Trinajstić information content (AvgIpc) is 3.28. The maximum Gasteiger partial charge on any atom is 0.326 e. The zero-order valence-corrected chi connectivity index (χ0v) is 19.9. The van der Waals surface area contributed by atoms with Gasteiger partial charge in [0.15, 0.2) is 0 Å². The Balaban J connectivity index is 3.05. The molecule has 0 aliphatic carbocycles. The number of carbonyl (C=O) groups is 6. The number of rotatable bonds is 16. The summed E-state index contributed by atoms with van der Waals surface area (Å²) >= 11 is 0. The van der Waals surface area contributed by atoms with E-state index >= 15 is 0 Å². The molecule has 0 fully saturated rings. The summed E-state index contributed by atoms with van der Waals surface area (Å²) in [6.07, 6.45) is 1.39. The Hall–Kier alpha value is -4.01. The number of hydrogen-bond donors (Lipinski definition) is 8. The number of nitrogens with two attached hydrogens (primary N) is 1. The van der Waals surface area contributed by atoms with Gasteiger partial charge < -0.3 is 42.0 Å². The summed E-state index contributed by atoms with van der Waals surface area (Å²) < 4.78 is 0. The topological polar surface area (TPSA) is 254 Å². The molecule has 0 spiro atoms. The summed E-state index contributed by atoms with van der Waals surface area (Å²) in [5.41, 5.74) is 6.20. The van der Waals surface area contributed by atoms with Crippen molar-refractivity contribution in [2.45, 2.75) is 70.1 Å². The molecule has 0 saturated carbocycles. The minimum absolute atomic E-state index is 0.0734. The highest BCUT2D eigenvalue weighted by molar-refractivity contribution is 5.94. The van der Waals surface area contributed by atoms with Crippen LogP contribution in [0.4, 0.5) is 0 Å². The number of nitrogens with zero attached hydrogens (tertiary/aromatic N) is 1. The van der Waals surface area contributed by atoms with Gasteiger partial charge in [-0.25, -0.2) is 9.78 Å². The second-order valence-corrected chi connectivity index (χ2v) is 8.57. The standard InChI is InChI=1S/C21H32N6O9/c1-10(2)5-13(19(33)27-15(21(35)36)7-17(30)31)26-20(34)14(6-11-8-23-9-24-11)25-18(32)12(22)3-4-16(28)29/h8-10,12-15H,3-7,22H2,1-2H3,(H,23,24)(H,25,32)(H,26,34)(H,27,33)(H,28,29)(H,30,31)(H,35,36). The summed E-state index contributed by atoms with van der Waals surface area (Å²) in [4.78, 5) is 78.0. The van der Waals surface area contributed by atoms with Crippen LogP contribution in [0.1, 0.15) is 45.2 Å². The highest BCUT2D eigenvalue weighted by Gasteiger charge is 2.31. The van der Waals surface area contributed by atoms with E-state index in [9.17, 15) is 33.9 Å². The first-order chi connectivity index (χ1) is 16.8. The van der Waals surface area contributed by atoms with E-state index in [1.165, 1.54) is 12.5 Å². The fraction of sp³-hybridized carbons (Fsp3) is 0.571. The summed E-state index contributed by atoms with van der Waals surface area (Å²) in [5.74, 6) is -6.75. The Bertz CT molecular complexity index is 934. The van der Waals surface area contributed by atoms with Crippen molar-refractivity contribution in [1.82, 2.24) is 25.9 Å². The Labute approximate surface area is 206 Å². The SMILES string of the molecule is CC(C)CC(NC(=O)C(Cc1cnc[nH]1)NC(=O)C(N)CCC(=O)O)C(=O)NC(CC(=O)O)C(=O)O. The van der Waals surface area contributed by atoms with Gasteiger partial charge in [-0.2, -0.15) is 0 Å². The number of imidazole rings is 1. The predicted molar refractivity (Wildman–Crippen MR) is 122 cm³/mol. The smallest absolute Gasteiger partial charge is 0.326 e. The molecule has 0 aliphatic rings. The molecular weight excluding hydrogens is 480 g/mol. The lowest BCUT2D eigenvalue weighted by atomic mass is 10.0. The van der Waals surface area contributed by atoms with Gasteiger partial charge in [0.05, 0.1) is 18.8 Å². The second-order valence-electron chi connectivity index (χ2n) is 8.57. The monoisotopic (exact) mass is 512 g/mol. The Morgan fingerprint density at radius 3 is 2.00 bits per heavy atom. The second kappa shape index (κ2) is 14.4. The molecule has 1 heterocycles. The molecule has 1 aromatic rings. The molecule has 15 nitrogen and oxygen atoms in total. The van der Waals surface area contributed by atoms with Crippen LogP contribution in [-0.2, 0) is 35.2 Å². The van der Waals surface area contributed by atoms with Crippen LogP contribution in [-0.4, -0.2) is 85.1 Å². The number of aromatic amines is 1. The minimum atomic E-state index is -1.71. The van der Waals surface area contributed by atoms with E-state index in [0.29, 0.717) is 5.69 Å². The fourth-order valence-electron chi connectivity index (χ4n) is 3.14. The molecule has 1 rings (SSSR count). The molecule has 15 heteroatoms. The van der Waals surface area contributed by atoms with Crippen LogP contribution >= 0.6 is 0 Å². The number of carboxylic acid groups (broad SMARTS) is 3. The van der Waals surface area contributed by atoms with Crippen LogP contribution in [0.15, 0.2) is 12.5 Å². The number of hydrogen-bond acceptors (Lipinski definition) is 8. The zero-order chi connectivity index (χ0) is 27.4. The minimum Gasteiger partial charge on any atom is -0.481 e. The van der Waals surface area contributed by atoms with E-state index < -0.39 is 66.2 Å². The van der Waals surface area contributed by atoms with Gasteiger partial charge in [-0.15, -0.1) is 0 Å². The molecule has 4 atom stereocenters. The predicted octanol–water partition coefficient (Wildman–Crippen LogP) is -1.80. The molecule has 200 valence electrons. The molecule has 0 aromatic carbocycles. The quantitative estimate of drug-likeness (QED) is 0.123. The van der Waals surface area contributed by atoms with Gasteiger partial charge in [0.1, 0.15) is 18.1 Å². The van der Waals surface area contributed by atoms with Crippen molar-refractivity contribution in [1.29, 1.82) is 0 Å². The molecular formula is C21H32N6O9. The average molecular weight is 513 g/mol. The van der Waals surface area contributed by atoms with Crippen molar-refractivity contribution in [3.8, 4) is 0 Å². The van der Waals surface area contributed by atoms with Crippen molar-refractivity contribution in [2.75, 3.05) is 0 Å². The van der Waals surface area contributed by atoms with Crippen LogP contribution in [0.5, 0.6) is 0 Å². The third kappa shape index (κ3) is 10.9. The lowest BCUT2D eigenvalue weighted by Gasteiger charge is -2.25. The number of aromatic nitrogens is 2. The largest absolute Gasteiger partial charge is 0.481 e. The van der Waals surface area contributed by atoms with Gasteiger partial charge in [-0.3, -0.25) is 24.0 Å². The first-order valence-electron chi connectivity index (χ1n) is 11.1. The van der Waals surface area contributed by atoms with E-state index in [0.717, 1.165) is 0 Å². The Kier molecular flexibility index (Phi) is 12.0. The third-order valence-corrected chi connectivity index (χ3v) is 4.95. The van der Waals surface area contributed by atoms with E-state index in [4.69, 9.17) is 15.9 Å². The molecule has 3 amide bonds. The molecule has 36 heavy (non-hydrogen) atoms.